The minimum absolute atomic E-state index is 0.197. The predicted octanol–water partition coefficient (Wildman–Crippen LogP) is 1.64. The van der Waals surface area contributed by atoms with Crippen LogP contribution < -0.4 is 11.1 Å². The zero-order valence-electron chi connectivity index (χ0n) is 10.3. The van der Waals surface area contributed by atoms with Crippen LogP contribution in [0.25, 0.3) is 0 Å². The average molecular weight is 251 g/mol. The Morgan fingerprint density at radius 1 is 1.21 bits per heavy atom. The SMILES string of the molecule is NCC#Cc1ccc(C(=O)Nc2ccccn2)cc1. The second-order valence-electron chi connectivity index (χ2n) is 3.75. The Bertz CT molecular complexity index is 609. The molecule has 1 amide bonds. The maximum atomic E-state index is 11.9. The molecule has 0 radical (unpaired) electrons. The third-order valence-electron chi connectivity index (χ3n) is 2.39. The Morgan fingerprint density at radius 2 is 2.00 bits per heavy atom. The van der Waals surface area contributed by atoms with Gasteiger partial charge in [0, 0.05) is 17.3 Å². The number of carbonyl (C=O) groups excluding carboxylic acids is 1. The van der Waals surface area contributed by atoms with Crippen molar-refractivity contribution < 1.29 is 4.79 Å². The Hall–Kier alpha value is -2.64. The number of amides is 1. The molecular formula is C15H13N3O. The maximum absolute atomic E-state index is 11.9. The lowest BCUT2D eigenvalue weighted by Crippen LogP contribution is -2.12. The number of nitrogens with two attached hydrogens (primary N) is 1. The van der Waals surface area contributed by atoms with E-state index in [1.807, 2.05) is 6.07 Å². The molecule has 0 aliphatic rings. The fourth-order valence-electron chi connectivity index (χ4n) is 1.48. The second-order valence-corrected chi connectivity index (χ2v) is 3.75. The maximum Gasteiger partial charge on any atom is 0.256 e. The summed E-state index contributed by atoms with van der Waals surface area (Å²) in [6, 6.07) is 12.4. The third-order valence-corrected chi connectivity index (χ3v) is 2.39. The molecule has 0 saturated heterocycles. The molecule has 4 heteroatoms. The van der Waals surface area contributed by atoms with E-state index in [1.165, 1.54) is 0 Å². The van der Waals surface area contributed by atoms with E-state index in [-0.39, 0.29) is 5.91 Å². The molecule has 0 aliphatic carbocycles. The molecule has 0 atom stereocenters. The summed E-state index contributed by atoms with van der Waals surface area (Å²) in [6.45, 7) is 0.321. The van der Waals surface area contributed by atoms with Crippen LogP contribution in [0.3, 0.4) is 0 Å². The molecule has 2 rings (SSSR count). The van der Waals surface area contributed by atoms with Gasteiger partial charge >= 0.3 is 0 Å². The third kappa shape index (κ3) is 3.66. The molecule has 1 heterocycles. The number of hydrogen-bond acceptors (Lipinski definition) is 3. The van der Waals surface area contributed by atoms with Crippen LogP contribution in [0.15, 0.2) is 48.7 Å². The van der Waals surface area contributed by atoms with E-state index < -0.39 is 0 Å². The number of nitrogens with zero attached hydrogens (tertiary/aromatic N) is 1. The van der Waals surface area contributed by atoms with Gasteiger partial charge in [-0.25, -0.2) is 4.98 Å². The van der Waals surface area contributed by atoms with Crippen molar-refractivity contribution >= 4 is 11.7 Å². The van der Waals surface area contributed by atoms with Gasteiger partial charge in [-0.3, -0.25) is 4.79 Å². The van der Waals surface area contributed by atoms with Gasteiger partial charge < -0.3 is 11.1 Å². The molecule has 0 spiro atoms. The van der Waals surface area contributed by atoms with Crippen molar-refractivity contribution in [2.75, 3.05) is 11.9 Å². The molecule has 0 unspecified atom stereocenters. The van der Waals surface area contributed by atoms with Gasteiger partial charge in [0.05, 0.1) is 6.54 Å². The highest BCUT2D eigenvalue weighted by molar-refractivity contribution is 6.03. The number of benzene rings is 1. The number of aromatic nitrogens is 1. The Morgan fingerprint density at radius 3 is 2.63 bits per heavy atom. The van der Waals surface area contributed by atoms with Gasteiger partial charge in [0.15, 0.2) is 0 Å². The fourth-order valence-corrected chi connectivity index (χ4v) is 1.48. The Balaban J connectivity index is 2.08. The van der Waals surface area contributed by atoms with Crippen LogP contribution >= 0.6 is 0 Å². The van der Waals surface area contributed by atoms with E-state index in [1.54, 1.807) is 42.6 Å². The second kappa shape index (κ2) is 6.34. The highest BCUT2D eigenvalue weighted by Crippen LogP contribution is 2.07. The van der Waals surface area contributed by atoms with Crippen LogP contribution in [0.1, 0.15) is 15.9 Å². The van der Waals surface area contributed by atoms with Gasteiger partial charge in [-0.1, -0.05) is 17.9 Å². The molecule has 0 fully saturated rings. The van der Waals surface area contributed by atoms with Gasteiger partial charge in [0.25, 0.3) is 5.91 Å². The van der Waals surface area contributed by atoms with E-state index in [0.717, 1.165) is 5.56 Å². The lowest BCUT2D eigenvalue weighted by atomic mass is 10.1. The first-order chi connectivity index (χ1) is 9.29. The summed E-state index contributed by atoms with van der Waals surface area (Å²) in [5.74, 6) is 5.99. The molecule has 19 heavy (non-hydrogen) atoms. The molecule has 3 N–H and O–H groups in total. The van der Waals surface area contributed by atoms with E-state index in [4.69, 9.17) is 5.73 Å². The highest BCUT2D eigenvalue weighted by atomic mass is 16.1. The van der Waals surface area contributed by atoms with Crippen LogP contribution in [-0.2, 0) is 0 Å². The van der Waals surface area contributed by atoms with Crippen LogP contribution in [0, 0.1) is 11.8 Å². The molecule has 0 saturated carbocycles. The van der Waals surface area contributed by atoms with Crippen molar-refractivity contribution in [2.45, 2.75) is 0 Å². The monoisotopic (exact) mass is 251 g/mol. The van der Waals surface area contributed by atoms with Crippen LogP contribution in [0.5, 0.6) is 0 Å². The number of anilines is 1. The normalized spacial score (nSPS) is 9.32. The van der Waals surface area contributed by atoms with Gasteiger partial charge in [-0.15, -0.1) is 0 Å². The molecule has 4 nitrogen and oxygen atoms in total. The number of hydrogen-bond donors (Lipinski definition) is 2. The minimum atomic E-state index is -0.197. The first kappa shape index (κ1) is 12.8. The average Bonchev–Trinajstić information content (AvgIpc) is 2.46. The van der Waals surface area contributed by atoms with Crippen molar-refractivity contribution in [3.05, 3.63) is 59.8 Å². The largest absolute Gasteiger partial charge is 0.320 e. The van der Waals surface area contributed by atoms with E-state index >= 15 is 0 Å². The summed E-state index contributed by atoms with van der Waals surface area (Å²) in [5, 5.41) is 2.71. The van der Waals surface area contributed by atoms with Crippen LogP contribution in [0.4, 0.5) is 5.82 Å². The highest BCUT2D eigenvalue weighted by Gasteiger charge is 2.05. The zero-order chi connectivity index (χ0) is 13.5. The summed E-state index contributed by atoms with van der Waals surface area (Å²) < 4.78 is 0. The first-order valence-corrected chi connectivity index (χ1v) is 5.81. The lowest BCUT2D eigenvalue weighted by Gasteiger charge is -2.03. The smallest absolute Gasteiger partial charge is 0.256 e. The van der Waals surface area contributed by atoms with Crippen molar-refractivity contribution in [3.8, 4) is 11.8 Å². The number of rotatable bonds is 2. The molecule has 0 bridgehead atoms. The van der Waals surface area contributed by atoms with Gasteiger partial charge in [-0.05, 0) is 36.4 Å². The van der Waals surface area contributed by atoms with E-state index in [2.05, 4.69) is 22.1 Å². The summed E-state index contributed by atoms with van der Waals surface area (Å²) in [7, 11) is 0. The summed E-state index contributed by atoms with van der Waals surface area (Å²) in [4.78, 5) is 16.0. The topological polar surface area (TPSA) is 68.0 Å². The van der Waals surface area contributed by atoms with Crippen molar-refractivity contribution in [1.82, 2.24) is 4.98 Å². The molecular weight excluding hydrogens is 238 g/mol. The van der Waals surface area contributed by atoms with Gasteiger partial charge in [0.2, 0.25) is 0 Å². The van der Waals surface area contributed by atoms with Gasteiger partial charge in [-0.2, -0.15) is 0 Å². The predicted molar refractivity (Wildman–Crippen MR) is 74.6 cm³/mol. The van der Waals surface area contributed by atoms with Crippen molar-refractivity contribution in [3.63, 3.8) is 0 Å². The van der Waals surface area contributed by atoms with Crippen LogP contribution in [0.2, 0.25) is 0 Å². The molecule has 94 valence electrons. The number of nitrogens with one attached hydrogen (secondary N) is 1. The standard InChI is InChI=1S/C15H13N3O/c16-10-3-4-12-6-8-13(9-7-12)15(19)18-14-5-1-2-11-17-14/h1-2,5-9,11H,10,16H2,(H,17,18,19). The Labute approximate surface area is 111 Å². The van der Waals surface area contributed by atoms with E-state index in [9.17, 15) is 4.79 Å². The van der Waals surface area contributed by atoms with Crippen molar-refractivity contribution in [2.24, 2.45) is 5.73 Å². The van der Waals surface area contributed by atoms with Crippen LogP contribution in [-0.4, -0.2) is 17.4 Å². The molecule has 1 aromatic carbocycles. The van der Waals surface area contributed by atoms with E-state index in [0.29, 0.717) is 17.9 Å². The number of carbonyl (C=O) groups is 1. The summed E-state index contributed by atoms with van der Waals surface area (Å²) in [6.07, 6.45) is 1.63. The summed E-state index contributed by atoms with van der Waals surface area (Å²) in [5.41, 5.74) is 6.69. The Kier molecular flexibility index (Phi) is 4.27. The molecule has 2 aromatic rings. The molecule has 1 aromatic heterocycles. The molecule has 0 aliphatic heterocycles. The van der Waals surface area contributed by atoms with Crippen molar-refractivity contribution in [1.29, 1.82) is 0 Å². The zero-order valence-corrected chi connectivity index (χ0v) is 10.3. The lowest BCUT2D eigenvalue weighted by molar-refractivity contribution is 0.102. The van der Waals surface area contributed by atoms with Gasteiger partial charge in [0.1, 0.15) is 5.82 Å². The fraction of sp³-hybridized carbons (Fsp3) is 0.0667. The minimum Gasteiger partial charge on any atom is -0.320 e. The summed E-state index contributed by atoms with van der Waals surface area (Å²) >= 11 is 0. The quantitative estimate of drug-likeness (QED) is 0.797. The number of pyridine rings is 1. The first-order valence-electron chi connectivity index (χ1n) is 5.81.